The van der Waals surface area contributed by atoms with Gasteiger partial charge in [0.25, 0.3) is 5.56 Å². The predicted molar refractivity (Wildman–Crippen MR) is 83.3 cm³/mol. The summed E-state index contributed by atoms with van der Waals surface area (Å²) >= 11 is 4.85. The lowest BCUT2D eigenvalue weighted by atomic mass is 10.1. The Morgan fingerprint density at radius 2 is 2.27 bits per heavy atom. The van der Waals surface area contributed by atoms with Crippen LogP contribution in [0.5, 0.6) is 0 Å². The van der Waals surface area contributed by atoms with Crippen LogP contribution in [0.25, 0.3) is 0 Å². The van der Waals surface area contributed by atoms with Gasteiger partial charge in [-0.05, 0) is 25.2 Å². The molecule has 22 heavy (non-hydrogen) atoms. The van der Waals surface area contributed by atoms with Gasteiger partial charge < -0.3 is 18.7 Å². The highest BCUT2D eigenvalue weighted by atomic mass is 32.5. The van der Waals surface area contributed by atoms with Crippen LogP contribution in [0.3, 0.4) is 0 Å². The zero-order valence-electron chi connectivity index (χ0n) is 12.5. The van der Waals surface area contributed by atoms with Crippen LogP contribution < -0.4 is 11.2 Å². The molecule has 2 heterocycles. The lowest BCUT2D eigenvalue weighted by Gasteiger charge is -2.21. The molecule has 1 aromatic rings. The van der Waals surface area contributed by atoms with Gasteiger partial charge in [0.05, 0.1) is 12.2 Å². The van der Waals surface area contributed by atoms with E-state index in [1.165, 1.54) is 17.9 Å². The minimum Gasteiger partial charge on any atom is -0.352 e. The zero-order chi connectivity index (χ0) is 16.5. The molecule has 1 fully saturated rings. The molecule has 1 saturated heterocycles. The SMILES string of the molecule is CC[C@H]1O[C@@H](n2cc(C)c(=O)[nH]c2=O)C[C@H]1OP(O)(=S)OC. The molecule has 0 aromatic carbocycles. The lowest BCUT2D eigenvalue weighted by molar-refractivity contribution is -0.0200. The van der Waals surface area contributed by atoms with Crippen molar-refractivity contribution in [2.75, 3.05) is 7.11 Å². The Balaban J connectivity index is 2.25. The molecule has 2 N–H and O–H groups in total. The molecule has 1 aliphatic heterocycles. The van der Waals surface area contributed by atoms with Gasteiger partial charge in [-0.2, -0.15) is 0 Å². The van der Waals surface area contributed by atoms with Crippen molar-refractivity contribution < 1.29 is 18.7 Å². The smallest absolute Gasteiger partial charge is 0.330 e. The third-order valence-corrected chi connectivity index (χ3v) is 5.24. The van der Waals surface area contributed by atoms with Crippen LogP contribution in [0.1, 0.15) is 31.6 Å². The highest BCUT2D eigenvalue weighted by Gasteiger charge is 2.39. The molecule has 0 bridgehead atoms. The number of hydrogen-bond donors (Lipinski definition) is 2. The molecule has 0 radical (unpaired) electrons. The summed E-state index contributed by atoms with van der Waals surface area (Å²) in [6.07, 6.45) is 0.999. The van der Waals surface area contributed by atoms with Crippen molar-refractivity contribution in [3.05, 3.63) is 32.6 Å². The monoisotopic (exact) mass is 350 g/mol. The highest BCUT2D eigenvalue weighted by molar-refractivity contribution is 8.07. The van der Waals surface area contributed by atoms with Crippen molar-refractivity contribution >= 4 is 18.5 Å². The molecule has 1 aliphatic rings. The Labute approximate surface area is 132 Å². The van der Waals surface area contributed by atoms with E-state index in [1.807, 2.05) is 6.92 Å². The quantitative estimate of drug-likeness (QED) is 0.757. The van der Waals surface area contributed by atoms with Crippen molar-refractivity contribution in [2.45, 2.75) is 45.1 Å². The average Bonchev–Trinajstić information content (AvgIpc) is 2.84. The highest BCUT2D eigenvalue weighted by Crippen LogP contribution is 2.48. The molecular weight excluding hydrogens is 331 g/mol. The molecule has 4 atom stereocenters. The number of ether oxygens (including phenoxy) is 1. The number of nitrogens with zero attached hydrogens (tertiary/aromatic N) is 1. The van der Waals surface area contributed by atoms with Gasteiger partial charge in [-0.15, -0.1) is 0 Å². The first-order chi connectivity index (χ1) is 10.3. The van der Waals surface area contributed by atoms with Crippen LogP contribution in [-0.4, -0.2) is 33.8 Å². The zero-order valence-corrected chi connectivity index (χ0v) is 14.2. The topological polar surface area (TPSA) is 103 Å². The number of nitrogens with one attached hydrogen (secondary N) is 1. The first-order valence-corrected chi connectivity index (χ1v) is 9.41. The van der Waals surface area contributed by atoms with Crippen molar-refractivity contribution in [2.24, 2.45) is 0 Å². The number of rotatable bonds is 5. The van der Waals surface area contributed by atoms with Gasteiger partial charge in [0.15, 0.2) is 0 Å². The largest absolute Gasteiger partial charge is 0.352 e. The Morgan fingerprint density at radius 3 is 2.86 bits per heavy atom. The maximum atomic E-state index is 11.9. The van der Waals surface area contributed by atoms with E-state index < -0.39 is 30.3 Å². The van der Waals surface area contributed by atoms with Crippen molar-refractivity contribution in [3.63, 3.8) is 0 Å². The Hall–Kier alpha value is -0.830. The van der Waals surface area contributed by atoms with Crippen molar-refractivity contribution in [1.82, 2.24) is 9.55 Å². The summed E-state index contributed by atoms with van der Waals surface area (Å²) in [6.45, 7) is 0.193. The second kappa shape index (κ2) is 6.74. The van der Waals surface area contributed by atoms with E-state index in [0.717, 1.165) is 0 Å². The Kier molecular flexibility index (Phi) is 5.37. The van der Waals surface area contributed by atoms with E-state index >= 15 is 0 Å². The van der Waals surface area contributed by atoms with Crippen LogP contribution >= 0.6 is 6.72 Å². The van der Waals surface area contributed by atoms with Gasteiger partial charge in [0, 0.05) is 25.3 Å². The summed E-state index contributed by atoms with van der Waals surface area (Å²) in [5, 5.41) is 0. The summed E-state index contributed by atoms with van der Waals surface area (Å²) in [7, 11) is 1.28. The summed E-state index contributed by atoms with van der Waals surface area (Å²) in [4.78, 5) is 35.4. The predicted octanol–water partition coefficient (Wildman–Crippen LogP) is 0.791. The second-order valence-corrected chi connectivity index (χ2v) is 7.94. The Bertz CT molecular complexity index is 702. The summed E-state index contributed by atoms with van der Waals surface area (Å²) in [5.41, 5.74) is -0.569. The van der Waals surface area contributed by atoms with Gasteiger partial charge in [0.1, 0.15) is 6.23 Å². The molecule has 2 rings (SSSR count). The standard InChI is InChI=1S/C12H19N2O6PS/c1-4-8-9(20-21(17,22)18-3)5-10(19-8)14-6-7(2)11(15)13-12(14)16/h6,8-10H,4-5H2,1-3H3,(H,17,22)(H,13,15,16)/t8-,9-,10-,21?/m1/s1. The lowest BCUT2D eigenvalue weighted by Crippen LogP contribution is -2.33. The normalized spacial score (nSPS) is 27.7. The van der Waals surface area contributed by atoms with Gasteiger partial charge in [-0.1, -0.05) is 6.92 Å². The first kappa shape index (κ1) is 17.5. The summed E-state index contributed by atoms with van der Waals surface area (Å²) in [6, 6.07) is 0. The molecule has 0 saturated carbocycles. The van der Waals surface area contributed by atoms with Crippen LogP contribution in [-0.2, 0) is 25.6 Å². The van der Waals surface area contributed by atoms with Crippen molar-refractivity contribution in [1.29, 1.82) is 0 Å². The van der Waals surface area contributed by atoms with Gasteiger partial charge in [-0.25, -0.2) is 4.79 Å². The number of H-pyrrole nitrogens is 1. The third-order valence-electron chi connectivity index (χ3n) is 3.54. The maximum Gasteiger partial charge on any atom is 0.330 e. The molecule has 0 amide bonds. The number of aromatic nitrogens is 2. The Morgan fingerprint density at radius 1 is 1.59 bits per heavy atom. The van der Waals surface area contributed by atoms with E-state index in [0.29, 0.717) is 18.4 Å². The number of hydrogen-bond acceptors (Lipinski definition) is 6. The molecule has 0 spiro atoms. The van der Waals surface area contributed by atoms with E-state index in [9.17, 15) is 14.5 Å². The molecule has 124 valence electrons. The van der Waals surface area contributed by atoms with E-state index in [-0.39, 0.29) is 6.10 Å². The van der Waals surface area contributed by atoms with Crippen LogP contribution in [0.2, 0.25) is 0 Å². The summed E-state index contributed by atoms with van der Waals surface area (Å²) < 4.78 is 17.3. The van der Waals surface area contributed by atoms with E-state index in [1.54, 1.807) is 6.92 Å². The van der Waals surface area contributed by atoms with E-state index in [2.05, 4.69) is 4.98 Å². The van der Waals surface area contributed by atoms with Crippen molar-refractivity contribution in [3.8, 4) is 0 Å². The molecular formula is C12H19N2O6PS. The fourth-order valence-corrected chi connectivity index (χ4v) is 3.34. The molecule has 1 aromatic heterocycles. The van der Waals surface area contributed by atoms with Crippen LogP contribution in [0.4, 0.5) is 0 Å². The molecule has 10 heteroatoms. The summed E-state index contributed by atoms with van der Waals surface area (Å²) in [5.74, 6) is 0. The number of aryl methyl sites for hydroxylation is 1. The fraction of sp³-hybridized carbons (Fsp3) is 0.667. The first-order valence-electron chi connectivity index (χ1n) is 6.82. The third kappa shape index (κ3) is 3.73. The molecule has 8 nitrogen and oxygen atoms in total. The number of aromatic amines is 1. The van der Waals surface area contributed by atoms with E-state index in [4.69, 9.17) is 25.6 Å². The minimum absolute atomic E-state index is 0.325. The van der Waals surface area contributed by atoms with Crippen LogP contribution in [0.15, 0.2) is 15.8 Å². The molecule has 1 unspecified atom stereocenters. The maximum absolute atomic E-state index is 11.9. The second-order valence-electron chi connectivity index (χ2n) is 5.05. The van der Waals surface area contributed by atoms with Gasteiger partial charge >= 0.3 is 12.4 Å². The van der Waals surface area contributed by atoms with Gasteiger partial charge in [0.2, 0.25) is 0 Å². The average molecular weight is 350 g/mol. The van der Waals surface area contributed by atoms with Crippen LogP contribution in [0, 0.1) is 6.92 Å². The minimum atomic E-state index is -3.31. The fourth-order valence-electron chi connectivity index (χ4n) is 2.36. The molecule has 0 aliphatic carbocycles. The van der Waals surface area contributed by atoms with Gasteiger partial charge in [-0.3, -0.25) is 14.3 Å².